The fraction of sp³-hybridized carbons (Fsp3) is 0.409. The molecule has 32 heavy (non-hydrogen) atoms. The zero-order chi connectivity index (χ0) is 22.9. The molecule has 0 unspecified atom stereocenters. The SMILES string of the molecule is Cc1noc(C)c1S(=O)(=O)N1CCC[C@H](C(=O)N[C@H](C)c2ccc(-n3ccnc3)cc2)C1. The minimum atomic E-state index is -3.76. The number of carbonyl (C=O) groups excluding carboxylic acids is 1. The van der Waals surface area contributed by atoms with E-state index in [1.54, 1.807) is 26.4 Å². The second-order valence-electron chi connectivity index (χ2n) is 8.15. The molecule has 2 aromatic heterocycles. The van der Waals surface area contributed by atoms with E-state index in [0.717, 1.165) is 11.3 Å². The summed E-state index contributed by atoms with van der Waals surface area (Å²) in [4.78, 5) is 17.1. The molecule has 3 aromatic rings. The molecule has 10 heteroatoms. The van der Waals surface area contributed by atoms with Crippen molar-refractivity contribution in [2.45, 2.75) is 44.6 Å². The van der Waals surface area contributed by atoms with Crippen LogP contribution in [0.3, 0.4) is 0 Å². The van der Waals surface area contributed by atoms with E-state index in [-0.39, 0.29) is 29.1 Å². The first-order valence-electron chi connectivity index (χ1n) is 10.6. The molecule has 0 radical (unpaired) electrons. The predicted molar refractivity (Wildman–Crippen MR) is 118 cm³/mol. The first-order chi connectivity index (χ1) is 15.3. The Morgan fingerprint density at radius 2 is 2.00 bits per heavy atom. The summed E-state index contributed by atoms with van der Waals surface area (Å²) in [6.45, 7) is 5.63. The Labute approximate surface area is 187 Å². The first kappa shape index (κ1) is 22.2. The lowest BCUT2D eigenvalue weighted by atomic mass is 9.98. The van der Waals surface area contributed by atoms with Crippen LogP contribution in [0.1, 0.15) is 42.8 Å². The molecule has 3 heterocycles. The Kier molecular flexibility index (Phi) is 6.16. The molecular formula is C22H27N5O4S. The molecular weight excluding hydrogens is 430 g/mol. The smallest absolute Gasteiger partial charge is 0.248 e. The molecule has 1 amide bonds. The molecule has 1 aliphatic heterocycles. The molecule has 2 atom stereocenters. The standard InChI is InChI=1S/C22H27N5O4S/c1-15(18-6-8-20(9-7-18)26-12-10-23-14-26)24-22(28)19-5-4-11-27(13-19)32(29,30)21-16(2)25-31-17(21)3/h6-10,12,14-15,19H,4-5,11,13H2,1-3H3,(H,24,28)/t15-,19+/m1/s1. The fourth-order valence-electron chi connectivity index (χ4n) is 4.11. The van der Waals surface area contributed by atoms with Crippen LogP contribution in [0, 0.1) is 19.8 Å². The van der Waals surface area contributed by atoms with E-state index in [9.17, 15) is 13.2 Å². The van der Waals surface area contributed by atoms with Crippen molar-refractivity contribution in [1.82, 2.24) is 24.3 Å². The van der Waals surface area contributed by atoms with Crippen LogP contribution in [0.2, 0.25) is 0 Å². The van der Waals surface area contributed by atoms with Gasteiger partial charge in [0.2, 0.25) is 15.9 Å². The molecule has 1 aliphatic rings. The van der Waals surface area contributed by atoms with Crippen LogP contribution in [0.25, 0.3) is 5.69 Å². The summed E-state index contributed by atoms with van der Waals surface area (Å²) >= 11 is 0. The zero-order valence-electron chi connectivity index (χ0n) is 18.4. The van der Waals surface area contributed by atoms with Crippen LogP contribution in [-0.2, 0) is 14.8 Å². The van der Waals surface area contributed by atoms with Gasteiger partial charge in [0.25, 0.3) is 0 Å². The molecule has 0 saturated carbocycles. The van der Waals surface area contributed by atoms with Gasteiger partial charge >= 0.3 is 0 Å². The monoisotopic (exact) mass is 457 g/mol. The fourth-order valence-corrected chi connectivity index (χ4v) is 5.92. The Bertz CT molecular complexity index is 1170. The second kappa shape index (κ2) is 8.87. The van der Waals surface area contributed by atoms with Crippen LogP contribution >= 0.6 is 0 Å². The molecule has 0 bridgehead atoms. The van der Waals surface area contributed by atoms with Crippen molar-refractivity contribution in [2.24, 2.45) is 5.92 Å². The highest BCUT2D eigenvalue weighted by molar-refractivity contribution is 7.89. The third kappa shape index (κ3) is 4.33. The molecule has 9 nitrogen and oxygen atoms in total. The van der Waals surface area contributed by atoms with Crippen LogP contribution in [0.4, 0.5) is 0 Å². The van der Waals surface area contributed by atoms with Crippen molar-refractivity contribution in [3.8, 4) is 5.69 Å². The van der Waals surface area contributed by atoms with E-state index in [1.807, 2.05) is 42.0 Å². The number of hydrogen-bond donors (Lipinski definition) is 1. The van der Waals surface area contributed by atoms with E-state index < -0.39 is 15.9 Å². The number of hydrogen-bond acceptors (Lipinski definition) is 6. The van der Waals surface area contributed by atoms with Gasteiger partial charge in [0, 0.05) is 31.2 Å². The lowest BCUT2D eigenvalue weighted by molar-refractivity contribution is -0.126. The maximum atomic E-state index is 13.1. The summed E-state index contributed by atoms with van der Waals surface area (Å²) in [6.07, 6.45) is 6.58. The number of nitrogens with zero attached hydrogens (tertiary/aromatic N) is 4. The average molecular weight is 458 g/mol. The van der Waals surface area contributed by atoms with Gasteiger partial charge in [-0.25, -0.2) is 13.4 Å². The molecule has 170 valence electrons. The molecule has 0 spiro atoms. The Hall–Kier alpha value is -2.98. The van der Waals surface area contributed by atoms with Crippen molar-refractivity contribution in [2.75, 3.05) is 13.1 Å². The summed E-state index contributed by atoms with van der Waals surface area (Å²) in [5, 5.41) is 6.80. The van der Waals surface area contributed by atoms with Gasteiger partial charge in [0.15, 0.2) is 5.76 Å². The summed E-state index contributed by atoms with van der Waals surface area (Å²) in [5.74, 6) is -0.289. The average Bonchev–Trinajstić information content (AvgIpc) is 3.44. The maximum Gasteiger partial charge on any atom is 0.248 e. The van der Waals surface area contributed by atoms with Gasteiger partial charge in [0.05, 0.1) is 18.3 Å². The van der Waals surface area contributed by atoms with Gasteiger partial charge in [-0.05, 0) is 51.3 Å². The number of nitrogens with one attached hydrogen (secondary N) is 1. The van der Waals surface area contributed by atoms with Gasteiger partial charge in [-0.15, -0.1) is 0 Å². The van der Waals surface area contributed by atoms with Crippen LogP contribution in [0.5, 0.6) is 0 Å². The second-order valence-corrected chi connectivity index (χ2v) is 10.0. The van der Waals surface area contributed by atoms with Crippen molar-refractivity contribution in [3.05, 3.63) is 60.0 Å². The first-order valence-corrected chi connectivity index (χ1v) is 12.0. The van der Waals surface area contributed by atoms with Gasteiger partial charge in [-0.1, -0.05) is 17.3 Å². The number of imidazole rings is 1. The van der Waals surface area contributed by atoms with Crippen molar-refractivity contribution in [3.63, 3.8) is 0 Å². The topological polar surface area (TPSA) is 110 Å². The number of benzene rings is 1. The molecule has 1 aromatic carbocycles. The van der Waals surface area contributed by atoms with Gasteiger partial charge < -0.3 is 14.4 Å². The molecule has 1 saturated heterocycles. The van der Waals surface area contributed by atoms with Gasteiger partial charge in [0.1, 0.15) is 10.6 Å². The lowest BCUT2D eigenvalue weighted by Gasteiger charge is -2.31. The number of aryl methyl sites for hydroxylation is 2. The summed E-state index contributed by atoms with van der Waals surface area (Å²) < 4.78 is 34.6. The minimum absolute atomic E-state index is 0.102. The molecule has 0 aliphatic carbocycles. The Balaban J connectivity index is 1.42. The molecule has 4 rings (SSSR count). The number of rotatable bonds is 6. The van der Waals surface area contributed by atoms with E-state index in [0.29, 0.717) is 25.1 Å². The zero-order valence-corrected chi connectivity index (χ0v) is 19.2. The largest absolute Gasteiger partial charge is 0.360 e. The number of aromatic nitrogens is 3. The third-order valence-electron chi connectivity index (χ3n) is 5.88. The lowest BCUT2D eigenvalue weighted by Crippen LogP contribution is -2.46. The normalized spacial score (nSPS) is 18.4. The van der Waals surface area contributed by atoms with Crippen molar-refractivity contribution >= 4 is 15.9 Å². The third-order valence-corrected chi connectivity index (χ3v) is 7.99. The van der Waals surface area contributed by atoms with Gasteiger partial charge in [-0.3, -0.25) is 4.79 Å². The van der Waals surface area contributed by atoms with E-state index in [4.69, 9.17) is 4.52 Å². The minimum Gasteiger partial charge on any atom is -0.360 e. The highest BCUT2D eigenvalue weighted by Gasteiger charge is 2.36. The molecule has 1 N–H and O–H groups in total. The molecule has 1 fully saturated rings. The highest BCUT2D eigenvalue weighted by Crippen LogP contribution is 2.28. The Morgan fingerprint density at radius 3 is 2.62 bits per heavy atom. The summed E-state index contributed by atoms with van der Waals surface area (Å²) in [7, 11) is -3.76. The predicted octanol–water partition coefficient (Wildman–Crippen LogP) is 2.76. The van der Waals surface area contributed by atoms with Crippen molar-refractivity contribution in [1.29, 1.82) is 0 Å². The van der Waals surface area contributed by atoms with Crippen molar-refractivity contribution < 1.29 is 17.7 Å². The van der Waals surface area contributed by atoms with E-state index >= 15 is 0 Å². The number of piperidine rings is 1. The number of carbonyl (C=O) groups is 1. The summed E-state index contributed by atoms with van der Waals surface area (Å²) in [6, 6.07) is 7.68. The van der Waals surface area contributed by atoms with Crippen LogP contribution in [0.15, 0.2) is 52.4 Å². The van der Waals surface area contributed by atoms with Crippen LogP contribution < -0.4 is 5.32 Å². The quantitative estimate of drug-likeness (QED) is 0.609. The maximum absolute atomic E-state index is 13.1. The summed E-state index contributed by atoms with van der Waals surface area (Å²) in [5.41, 5.74) is 2.29. The highest BCUT2D eigenvalue weighted by atomic mass is 32.2. The number of amides is 1. The van der Waals surface area contributed by atoms with E-state index in [2.05, 4.69) is 15.5 Å². The van der Waals surface area contributed by atoms with Crippen LogP contribution in [-0.4, -0.2) is 46.4 Å². The number of sulfonamides is 1. The van der Waals surface area contributed by atoms with Gasteiger partial charge in [-0.2, -0.15) is 4.31 Å². The van der Waals surface area contributed by atoms with E-state index in [1.165, 1.54) is 4.31 Å². The Morgan fingerprint density at radius 1 is 1.25 bits per heavy atom.